The zero-order chi connectivity index (χ0) is 14.1. The molecule has 0 aliphatic heterocycles. The van der Waals surface area contributed by atoms with Gasteiger partial charge in [-0.15, -0.1) is 0 Å². The molecular formula is C17H20N2O. The zero-order valence-corrected chi connectivity index (χ0v) is 12.1. The molecular weight excluding hydrogens is 248 g/mol. The second-order valence-electron chi connectivity index (χ2n) is 5.42. The number of aryl methyl sites for hydroxylation is 4. The number of hydrogen-bond acceptors (Lipinski definition) is 3. The summed E-state index contributed by atoms with van der Waals surface area (Å²) in [4.78, 5) is 4.44. The van der Waals surface area contributed by atoms with Crippen LogP contribution in [0.3, 0.4) is 0 Å². The third-order valence-corrected chi connectivity index (χ3v) is 3.92. The van der Waals surface area contributed by atoms with E-state index in [1.165, 1.54) is 24.0 Å². The first-order chi connectivity index (χ1) is 9.67. The number of nitrogens with zero attached hydrogens (tertiary/aromatic N) is 1. The van der Waals surface area contributed by atoms with E-state index in [9.17, 15) is 0 Å². The minimum absolute atomic E-state index is 0.444. The number of fused-ring (bicyclic) bond motifs is 1. The van der Waals surface area contributed by atoms with Crippen LogP contribution in [0.5, 0.6) is 11.5 Å². The average Bonchev–Trinajstić information content (AvgIpc) is 2.85. The molecule has 2 aromatic rings. The molecule has 2 N–H and O–H groups in total. The van der Waals surface area contributed by atoms with Crippen molar-refractivity contribution < 1.29 is 4.74 Å². The summed E-state index contributed by atoms with van der Waals surface area (Å²) in [7, 11) is 0. The van der Waals surface area contributed by atoms with Gasteiger partial charge in [0, 0.05) is 29.6 Å². The maximum absolute atomic E-state index is 6.07. The van der Waals surface area contributed by atoms with Gasteiger partial charge < -0.3 is 10.5 Å². The molecule has 104 valence electrons. The Balaban J connectivity index is 1.95. The summed E-state index contributed by atoms with van der Waals surface area (Å²) in [6.45, 7) is 4.40. The Morgan fingerprint density at radius 2 is 1.95 bits per heavy atom. The van der Waals surface area contributed by atoms with Gasteiger partial charge in [0.25, 0.3) is 0 Å². The van der Waals surface area contributed by atoms with Gasteiger partial charge in [0.05, 0.1) is 0 Å². The Bertz CT molecular complexity index is 650. The third-order valence-electron chi connectivity index (χ3n) is 3.92. The molecule has 3 heteroatoms. The Kier molecular flexibility index (Phi) is 3.45. The van der Waals surface area contributed by atoms with E-state index in [0.29, 0.717) is 6.54 Å². The van der Waals surface area contributed by atoms with Crippen LogP contribution in [0.1, 0.15) is 34.5 Å². The highest BCUT2D eigenvalue weighted by Gasteiger charge is 2.13. The van der Waals surface area contributed by atoms with Gasteiger partial charge in [-0.2, -0.15) is 0 Å². The zero-order valence-electron chi connectivity index (χ0n) is 12.1. The van der Waals surface area contributed by atoms with Crippen LogP contribution < -0.4 is 10.5 Å². The van der Waals surface area contributed by atoms with Gasteiger partial charge in [0.2, 0.25) is 0 Å². The highest BCUT2D eigenvalue weighted by atomic mass is 16.5. The van der Waals surface area contributed by atoms with Gasteiger partial charge >= 0.3 is 0 Å². The monoisotopic (exact) mass is 268 g/mol. The molecule has 1 aliphatic rings. The van der Waals surface area contributed by atoms with Gasteiger partial charge in [0.1, 0.15) is 11.5 Å². The van der Waals surface area contributed by atoms with Crippen molar-refractivity contribution in [2.24, 2.45) is 5.73 Å². The molecule has 1 aromatic carbocycles. The van der Waals surface area contributed by atoms with Crippen LogP contribution in [-0.2, 0) is 19.4 Å². The molecule has 1 heterocycles. The van der Waals surface area contributed by atoms with E-state index in [1.54, 1.807) is 0 Å². The molecule has 0 amide bonds. The van der Waals surface area contributed by atoms with E-state index >= 15 is 0 Å². The van der Waals surface area contributed by atoms with Crippen LogP contribution in [0.2, 0.25) is 0 Å². The van der Waals surface area contributed by atoms with Gasteiger partial charge in [-0.05, 0) is 56.4 Å². The minimum atomic E-state index is 0.444. The first kappa shape index (κ1) is 13.1. The van der Waals surface area contributed by atoms with Crippen LogP contribution in [0, 0.1) is 13.8 Å². The molecule has 0 saturated carbocycles. The molecule has 0 bridgehead atoms. The molecule has 20 heavy (non-hydrogen) atoms. The smallest absolute Gasteiger partial charge is 0.135 e. The second kappa shape index (κ2) is 5.25. The number of hydrogen-bond donors (Lipinski definition) is 1. The molecule has 0 saturated heterocycles. The maximum atomic E-state index is 6.07. The van der Waals surface area contributed by atoms with E-state index in [2.05, 4.69) is 23.2 Å². The van der Waals surface area contributed by atoms with Crippen molar-refractivity contribution in [1.82, 2.24) is 4.98 Å². The van der Waals surface area contributed by atoms with E-state index in [1.807, 2.05) is 19.9 Å². The average molecular weight is 268 g/mol. The lowest BCUT2D eigenvalue weighted by Crippen LogP contribution is -2.05. The van der Waals surface area contributed by atoms with Crippen molar-refractivity contribution in [2.45, 2.75) is 39.7 Å². The minimum Gasteiger partial charge on any atom is -0.457 e. The number of benzene rings is 1. The molecule has 0 unspecified atom stereocenters. The molecule has 0 atom stereocenters. The van der Waals surface area contributed by atoms with Crippen LogP contribution in [0.15, 0.2) is 24.3 Å². The Morgan fingerprint density at radius 3 is 2.75 bits per heavy atom. The molecule has 3 nitrogen and oxygen atoms in total. The predicted molar refractivity (Wildman–Crippen MR) is 80.1 cm³/mol. The number of nitrogens with two attached hydrogens (primary N) is 1. The summed E-state index contributed by atoms with van der Waals surface area (Å²) in [6.07, 6.45) is 3.60. The molecule has 1 aliphatic carbocycles. The van der Waals surface area contributed by atoms with Gasteiger partial charge in [0.15, 0.2) is 0 Å². The summed E-state index contributed by atoms with van der Waals surface area (Å²) < 4.78 is 6.07. The van der Waals surface area contributed by atoms with Crippen LogP contribution in [0.25, 0.3) is 0 Å². The van der Waals surface area contributed by atoms with Crippen LogP contribution in [-0.4, -0.2) is 4.98 Å². The van der Waals surface area contributed by atoms with Crippen molar-refractivity contribution in [3.63, 3.8) is 0 Å². The highest BCUT2D eigenvalue weighted by molar-refractivity contribution is 5.44. The predicted octanol–water partition coefficient (Wildman–Crippen LogP) is 3.44. The molecule has 0 radical (unpaired) electrons. The second-order valence-corrected chi connectivity index (χ2v) is 5.42. The number of rotatable bonds is 3. The lowest BCUT2D eigenvalue weighted by molar-refractivity contribution is 0.473. The SMILES string of the molecule is Cc1cc(Oc2ccc3c(c2)CCC3)c(CN)c(C)n1. The van der Waals surface area contributed by atoms with E-state index in [-0.39, 0.29) is 0 Å². The summed E-state index contributed by atoms with van der Waals surface area (Å²) in [5, 5.41) is 0. The summed E-state index contributed by atoms with van der Waals surface area (Å²) in [5.41, 5.74) is 11.6. The maximum Gasteiger partial charge on any atom is 0.135 e. The topological polar surface area (TPSA) is 48.1 Å². The van der Waals surface area contributed by atoms with Crippen molar-refractivity contribution in [2.75, 3.05) is 0 Å². The number of ether oxygens (including phenoxy) is 1. The Hall–Kier alpha value is -1.87. The van der Waals surface area contributed by atoms with Crippen molar-refractivity contribution in [3.05, 3.63) is 52.3 Å². The number of aromatic nitrogens is 1. The fourth-order valence-electron chi connectivity index (χ4n) is 2.90. The van der Waals surface area contributed by atoms with E-state index in [0.717, 1.165) is 34.9 Å². The lowest BCUT2D eigenvalue weighted by atomic mass is 10.1. The lowest BCUT2D eigenvalue weighted by Gasteiger charge is -2.13. The Labute approximate surface area is 119 Å². The van der Waals surface area contributed by atoms with Gasteiger partial charge in [-0.1, -0.05) is 6.07 Å². The highest BCUT2D eigenvalue weighted by Crippen LogP contribution is 2.31. The van der Waals surface area contributed by atoms with Crippen molar-refractivity contribution in [3.8, 4) is 11.5 Å². The third kappa shape index (κ3) is 2.41. The largest absolute Gasteiger partial charge is 0.457 e. The first-order valence-electron chi connectivity index (χ1n) is 7.14. The first-order valence-corrected chi connectivity index (χ1v) is 7.14. The van der Waals surface area contributed by atoms with E-state index in [4.69, 9.17) is 10.5 Å². The van der Waals surface area contributed by atoms with Crippen molar-refractivity contribution >= 4 is 0 Å². The fraction of sp³-hybridized carbons (Fsp3) is 0.353. The van der Waals surface area contributed by atoms with Gasteiger partial charge in [-0.3, -0.25) is 4.98 Å². The van der Waals surface area contributed by atoms with Crippen molar-refractivity contribution in [1.29, 1.82) is 0 Å². The number of pyridine rings is 1. The fourth-order valence-corrected chi connectivity index (χ4v) is 2.90. The summed E-state index contributed by atoms with van der Waals surface area (Å²) in [5.74, 6) is 1.72. The van der Waals surface area contributed by atoms with Crippen LogP contribution in [0.4, 0.5) is 0 Å². The standard InChI is InChI=1S/C17H20N2O/c1-11-8-17(16(10-18)12(2)19-11)20-15-7-6-13-4-3-5-14(13)9-15/h6-9H,3-5,10,18H2,1-2H3. The normalized spacial score (nSPS) is 13.3. The molecule has 0 fully saturated rings. The van der Waals surface area contributed by atoms with Crippen LogP contribution >= 0.6 is 0 Å². The quantitative estimate of drug-likeness (QED) is 0.927. The molecule has 3 rings (SSSR count). The van der Waals surface area contributed by atoms with E-state index < -0.39 is 0 Å². The molecule has 1 aromatic heterocycles. The Morgan fingerprint density at radius 1 is 1.15 bits per heavy atom. The summed E-state index contributed by atoms with van der Waals surface area (Å²) in [6, 6.07) is 8.35. The molecule has 0 spiro atoms. The van der Waals surface area contributed by atoms with Gasteiger partial charge in [-0.25, -0.2) is 0 Å². The summed E-state index contributed by atoms with van der Waals surface area (Å²) >= 11 is 0.